The smallest absolute Gasteiger partial charge is 0.138 e. The fourth-order valence-electron chi connectivity index (χ4n) is 1.34. The van der Waals surface area contributed by atoms with Crippen LogP contribution in [0.5, 0.6) is 0 Å². The molecule has 0 aliphatic heterocycles. The number of hydrogen-bond acceptors (Lipinski definition) is 1. The molecule has 13 heavy (non-hydrogen) atoms. The molecule has 0 radical (unpaired) electrons. The molecule has 0 saturated carbocycles. The van der Waals surface area contributed by atoms with Crippen molar-refractivity contribution in [2.45, 2.75) is 6.92 Å². The first-order chi connectivity index (χ1) is 6.20. The van der Waals surface area contributed by atoms with Crippen LogP contribution in [-0.2, 0) is 0 Å². The number of pyridine rings is 1. The lowest BCUT2D eigenvalue weighted by Crippen LogP contribution is -1.86. The van der Waals surface area contributed by atoms with E-state index in [-0.39, 0.29) is 5.82 Å². The maximum absolute atomic E-state index is 13.2. The van der Waals surface area contributed by atoms with Crippen LogP contribution < -0.4 is 0 Å². The zero-order valence-corrected chi connectivity index (χ0v) is 8.60. The summed E-state index contributed by atoms with van der Waals surface area (Å²) in [6, 6.07) is 3.31. The number of nitrogens with zero attached hydrogens (tertiary/aromatic N) is 1. The van der Waals surface area contributed by atoms with Crippen LogP contribution >= 0.6 is 15.9 Å². The molecule has 1 heterocycles. The Labute approximate surface area is 83.7 Å². The van der Waals surface area contributed by atoms with Crippen molar-refractivity contribution >= 4 is 26.7 Å². The number of aryl methyl sites for hydroxylation is 1. The van der Waals surface area contributed by atoms with Gasteiger partial charge in [0, 0.05) is 17.8 Å². The fraction of sp³-hybridized carbons (Fsp3) is 0.100. The minimum atomic E-state index is -0.226. The van der Waals surface area contributed by atoms with Gasteiger partial charge in [-0.25, -0.2) is 4.39 Å². The van der Waals surface area contributed by atoms with Crippen LogP contribution in [0.2, 0.25) is 0 Å². The number of halogens is 2. The molecular weight excluding hydrogens is 233 g/mol. The Kier molecular flexibility index (Phi) is 2.04. The van der Waals surface area contributed by atoms with Gasteiger partial charge in [-0.3, -0.25) is 4.98 Å². The highest BCUT2D eigenvalue weighted by Gasteiger charge is 2.06. The molecule has 2 rings (SSSR count). The van der Waals surface area contributed by atoms with Gasteiger partial charge in [0.05, 0.1) is 4.47 Å². The van der Waals surface area contributed by atoms with E-state index in [0.717, 1.165) is 16.3 Å². The lowest BCUT2D eigenvalue weighted by molar-refractivity contribution is 0.622. The maximum atomic E-state index is 13.2. The van der Waals surface area contributed by atoms with Crippen molar-refractivity contribution in [2.24, 2.45) is 0 Å². The third-order valence-corrected chi connectivity index (χ3v) is 3.05. The first kappa shape index (κ1) is 8.63. The summed E-state index contributed by atoms with van der Waals surface area (Å²) in [5, 5.41) is 1.86. The summed E-state index contributed by atoms with van der Waals surface area (Å²) in [4.78, 5) is 4.00. The lowest BCUT2D eigenvalue weighted by atomic mass is 10.1. The molecule has 0 N–H and O–H groups in total. The second-order valence-electron chi connectivity index (χ2n) is 2.89. The molecular formula is C10H7BrFN. The Morgan fingerprint density at radius 2 is 2.23 bits per heavy atom. The van der Waals surface area contributed by atoms with E-state index in [4.69, 9.17) is 0 Å². The molecule has 1 aromatic heterocycles. The fourth-order valence-corrected chi connectivity index (χ4v) is 1.67. The highest BCUT2D eigenvalue weighted by molar-refractivity contribution is 9.10. The van der Waals surface area contributed by atoms with E-state index in [1.54, 1.807) is 18.5 Å². The molecule has 0 spiro atoms. The highest BCUT2D eigenvalue weighted by atomic mass is 79.9. The van der Waals surface area contributed by atoms with Crippen molar-refractivity contribution in [3.63, 3.8) is 0 Å². The average Bonchev–Trinajstić information content (AvgIpc) is 2.15. The number of fused-ring (bicyclic) bond motifs is 1. The topological polar surface area (TPSA) is 12.9 Å². The minimum absolute atomic E-state index is 0.226. The quantitative estimate of drug-likeness (QED) is 0.687. The first-order valence-electron chi connectivity index (χ1n) is 3.88. The summed E-state index contributed by atoms with van der Waals surface area (Å²) in [6.45, 7) is 1.87. The molecule has 0 aliphatic rings. The van der Waals surface area contributed by atoms with Gasteiger partial charge in [0.2, 0.25) is 0 Å². The molecule has 1 nitrogen and oxygen atoms in total. The molecule has 0 bridgehead atoms. The van der Waals surface area contributed by atoms with Crippen molar-refractivity contribution in [3.8, 4) is 0 Å². The van der Waals surface area contributed by atoms with Gasteiger partial charge in [0.25, 0.3) is 0 Å². The van der Waals surface area contributed by atoms with Crippen molar-refractivity contribution < 1.29 is 4.39 Å². The summed E-state index contributed by atoms with van der Waals surface area (Å²) in [6.07, 6.45) is 3.41. The Balaban J connectivity index is 2.94. The number of hydrogen-bond donors (Lipinski definition) is 0. The van der Waals surface area contributed by atoms with Gasteiger partial charge in [-0.15, -0.1) is 0 Å². The molecule has 0 atom stereocenters. The van der Waals surface area contributed by atoms with Gasteiger partial charge >= 0.3 is 0 Å². The van der Waals surface area contributed by atoms with Gasteiger partial charge in [-0.2, -0.15) is 0 Å². The van der Waals surface area contributed by atoms with E-state index >= 15 is 0 Å². The lowest BCUT2D eigenvalue weighted by Gasteiger charge is -2.04. The number of aromatic nitrogens is 1. The Morgan fingerprint density at radius 3 is 3.00 bits per heavy atom. The molecule has 0 unspecified atom stereocenters. The Morgan fingerprint density at radius 1 is 1.46 bits per heavy atom. The van der Waals surface area contributed by atoms with E-state index in [0.29, 0.717) is 4.47 Å². The summed E-state index contributed by atoms with van der Waals surface area (Å²) in [5.41, 5.74) is 0.892. The molecule has 2 aromatic rings. The van der Waals surface area contributed by atoms with Crippen LogP contribution in [0.1, 0.15) is 5.56 Å². The van der Waals surface area contributed by atoms with Crippen molar-refractivity contribution in [1.82, 2.24) is 4.98 Å². The highest BCUT2D eigenvalue weighted by Crippen LogP contribution is 2.27. The number of benzene rings is 1. The maximum Gasteiger partial charge on any atom is 0.138 e. The molecule has 0 saturated heterocycles. The van der Waals surface area contributed by atoms with Crippen LogP contribution in [-0.4, -0.2) is 4.98 Å². The molecule has 3 heteroatoms. The van der Waals surface area contributed by atoms with Crippen molar-refractivity contribution in [3.05, 3.63) is 40.4 Å². The van der Waals surface area contributed by atoms with Crippen molar-refractivity contribution in [2.75, 3.05) is 0 Å². The van der Waals surface area contributed by atoms with Crippen LogP contribution in [0.3, 0.4) is 0 Å². The third-order valence-electron chi connectivity index (χ3n) is 2.08. The van der Waals surface area contributed by atoms with Gasteiger partial charge < -0.3 is 0 Å². The molecule has 1 aromatic carbocycles. The van der Waals surface area contributed by atoms with E-state index in [2.05, 4.69) is 20.9 Å². The summed E-state index contributed by atoms with van der Waals surface area (Å²) in [5.74, 6) is -0.226. The van der Waals surface area contributed by atoms with Crippen LogP contribution in [0.25, 0.3) is 10.8 Å². The first-order valence-corrected chi connectivity index (χ1v) is 4.68. The largest absolute Gasteiger partial charge is 0.264 e. The molecule has 0 amide bonds. The summed E-state index contributed by atoms with van der Waals surface area (Å²) in [7, 11) is 0. The SMILES string of the molecule is Cc1c(Br)c(F)cc2ccncc12. The third kappa shape index (κ3) is 1.33. The normalized spacial score (nSPS) is 10.7. The van der Waals surface area contributed by atoms with Crippen LogP contribution in [0, 0.1) is 12.7 Å². The summed E-state index contributed by atoms with van der Waals surface area (Å²) >= 11 is 3.20. The average molecular weight is 240 g/mol. The van der Waals surface area contributed by atoms with E-state index in [9.17, 15) is 4.39 Å². The van der Waals surface area contributed by atoms with Gasteiger partial charge in [0.1, 0.15) is 5.82 Å². The number of rotatable bonds is 0. The van der Waals surface area contributed by atoms with Gasteiger partial charge in [-0.05, 0) is 45.9 Å². The monoisotopic (exact) mass is 239 g/mol. The second-order valence-corrected chi connectivity index (χ2v) is 3.69. The Bertz CT molecular complexity index is 468. The second kappa shape index (κ2) is 3.07. The zero-order valence-electron chi connectivity index (χ0n) is 7.01. The summed E-state index contributed by atoms with van der Waals surface area (Å²) < 4.78 is 13.8. The van der Waals surface area contributed by atoms with E-state index < -0.39 is 0 Å². The zero-order chi connectivity index (χ0) is 9.42. The minimum Gasteiger partial charge on any atom is -0.264 e. The predicted octanol–water partition coefficient (Wildman–Crippen LogP) is 3.44. The molecule has 0 fully saturated rings. The van der Waals surface area contributed by atoms with Gasteiger partial charge in [-0.1, -0.05) is 0 Å². The predicted molar refractivity (Wildman–Crippen MR) is 54.1 cm³/mol. The van der Waals surface area contributed by atoms with Crippen LogP contribution in [0.15, 0.2) is 29.0 Å². The van der Waals surface area contributed by atoms with E-state index in [1.807, 2.05) is 6.92 Å². The molecule has 66 valence electrons. The van der Waals surface area contributed by atoms with E-state index in [1.165, 1.54) is 6.07 Å². The standard InChI is InChI=1S/C10H7BrFN/c1-6-8-5-13-3-2-7(8)4-9(12)10(6)11/h2-5H,1H3. The van der Waals surface area contributed by atoms with Crippen molar-refractivity contribution in [1.29, 1.82) is 0 Å². The Hall–Kier alpha value is -0.960. The molecule has 0 aliphatic carbocycles. The van der Waals surface area contributed by atoms with Gasteiger partial charge in [0.15, 0.2) is 0 Å². The van der Waals surface area contributed by atoms with Crippen LogP contribution in [0.4, 0.5) is 4.39 Å².